The maximum absolute atomic E-state index is 10.9. The number of rotatable bonds is 4. The second kappa shape index (κ2) is 7.04. The molecule has 1 N–H and O–H groups in total. The molecule has 1 aliphatic heterocycles. The first-order chi connectivity index (χ1) is 9.54. The zero-order valence-corrected chi connectivity index (χ0v) is 13.2. The second-order valence-corrected chi connectivity index (χ2v) is 6.17. The average molecular weight is 342 g/mol. The minimum Gasteiger partial charge on any atom is -0.465 e. The summed E-state index contributed by atoms with van der Waals surface area (Å²) in [6, 6.07) is 5.94. The molecule has 0 unspecified atom stereocenters. The summed E-state index contributed by atoms with van der Waals surface area (Å²) in [5.74, 6) is 0.572. The summed E-state index contributed by atoms with van der Waals surface area (Å²) in [5.41, 5.74) is 1.05. The quantitative estimate of drug-likeness (QED) is 0.855. The number of aromatic nitrogens is 1. The zero-order chi connectivity index (χ0) is 14.5. The summed E-state index contributed by atoms with van der Waals surface area (Å²) in [5, 5.41) is 8.93. The fraction of sp³-hybridized carbons (Fsp3) is 0.571. The fourth-order valence-electron chi connectivity index (χ4n) is 2.63. The molecule has 0 bridgehead atoms. The maximum Gasteiger partial charge on any atom is 0.407 e. The fourth-order valence-corrected chi connectivity index (χ4v) is 3.01. The highest BCUT2D eigenvalue weighted by Crippen LogP contribution is 2.19. The SMILES string of the molecule is CN(Cc1cccc(Br)n1)CC1CCN(C(=O)O)CC1. The topological polar surface area (TPSA) is 56.7 Å². The van der Waals surface area contributed by atoms with Crippen molar-refractivity contribution in [2.75, 3.05) is 26.7 Å². The van der Waals surface area contributed by atoms with Crippen molar-refractivity contribution in [1.29, 1.82) is 0 Å². The predicted molar refractivity (Wildman–Crippen MR) is 80.6 cm³/mol. The molecular formula is C14H20BrN3O2. The Kier molecular flexibility index (Phi) is 5.37. The molecule has 1 amide bonds. The number of amides is 1. The molecule has 0 saturated carbocycles. The van der Waals surface area contributed by atoms with Crippen molar-refractivity contribution in [3.8, 4) is 0 Å². The Morgan fingerprint density at radius 3 is 2.80 bits per heavy atom. The molecule has 1 fully saturated rings. The van der Waals surface area contributed by atoms with Crippen LogP contribution >= 0.6 is 15.9 Å². The molecule has 2 rings (SSSR count). The van der Waals surface area contributed by atoms with Crippen LogP contribution in [-0.2, 0) is 6.54 Å². The number of carbonyl (C=O) groups is 1. The highest BCUT2D eigenvalue weighted by molar-refractivity contribution is 9.10. The van der Waals surface area contributed by atoms with E-state index < -0.39 is 6.09 Å². The normalized spacial score (nSPS) is 16.6. The van der Waals surface area contributed by atoms with Crippen molar-refractivity contribution in [2.45, 2.75) is 19.4 Å². The van der Waals surface area contributed by atoms with Crippen molar-refractivity contribution in [1.82, 2.24) is 14.8 Å². The maximum atomic E-state index is 10.9. The van der Waals surface area contributed by atoms with E-state index in [2.05, 4.69) is 32.9 Å². The van der Waals surface area contributed by atoms with Gasteiger partial charge in [0.2, 0.25) is 0 Å². The summed E-state index contributed by atoms with van der Waals surface area (Å²) in [6.45, 7) is 3.12. The van der Waals surface area contributed by atoms with Gasteiger partial charge in [-0.3, -0.25) is 0 Å². The molecule has 0 aromatic carbocycles. The Morgan fingerprint density at radius 2 is 2.20 bits per heavy atom. The van der Waals surface area contributed by atoms with E-state index in [0.29, 0.717) is 19.0 Å². The minimum atomic E-state index is -0.796. The molecule has 0 spiro atoms. The third-order valence-corrected chi connectivity index (χ3v) is 4.10. The Hall–Kier alpha value is -1.14. The van der Waals surface area contributed by atoms with Crippen LogP contribution in [0.1, 0.15) is 18.5 Å². The molecule has 2 heterocycles. The highest BCUT2D eigenvalue weighted by Gasteiger charge is 2.23. The van der Waals surface area contributed by atoms with Gasteiger partial charge < -0.3 is 14.9 Å². The summed E-state index contributed by atoms with van der Waals surface area (Å²) >= 11 is 3.38. The number of likely N-dealkylation sites (tertiary alicyclic amines) is 1. The zero-order valence-electron chi connectivity index (χ0n) is 11.6. The van der Waals surface area contributed by atoms with Crippen molar-refractivity contribution < 1.29 is 9.90 Å². The number of carboxylic acid groups (broad SMARTS) is 1. The van der Waals surface area contributed by atoms with Gasteiger partial charge in [-0.05, 0) is 53.9 Å². The molecular weight excluding hydrogens is 322 g/mol. The lowest BCUT2D eigenvalue weighted by Gasteiger charge is -2.32. The monoisotopic (exact) mass is 341 g/mol. The van der Waals surface area contributed by atoms with Crippen LogP contribution < -0.4 is 0 Å². The number of hydrogen-bond donors (Lipinski definition) is 1. The highest BCUT2D eigenvalue weighted by atomic mass is 79.9. The van der Waals surface area contributed by atoms with E-state index in [0.717, 1.165) is 36.2 Å². The van der Waals surface area contributed by atoms with Crippen LogP contribution in [0.15, 0.2) is 22.8 Å². The standard InChI is InChI=1S/C14H20BrN3O2/c1-17(10-12-3-2-4-13(15)16-12)9-11-5-7-18(8-6-11)14(19)20/h2-4,11H,5-10H2,1H3,(H,19,20). The molecule has 110 valence electrons. The molecule has 0 radical (unpaired) electrons. The third kappa shape index (κ3) is 4.45. The molecule has 0 aliphatic carbocycles. The predicted octanol–water partition coefficient (Wildman–Crippen LogP) is 2.67. The molecule has 6 heteroatoms. The van der Waals surface area contributed by atoms with Crippen LogP contribution in [0, 0.1) is 5.92 Å². The number of hydrogen-bond acceptors (Lipinski definition) is 3. The first kappa shape index (κ1) is 15.3. The van der Waals surface area contributed by atoms with E-state index in [1.165, 1.54) is 4.90 Å². The van der Waals surface area contributed by atoms with E-state index in [1.807, 2.05) is 18.2 Å². The Morgan fingerprint density at radius 1 is 1.50 bits per heavy atom. The average Bonchev–Trinajstić information content (AvgIpc) is 2.39. The number of nitrogens with zero attached hydrogens (tertiary/aromatic N) is 3. The number of piperidine rings is 1. The molecule has 1 saturated heterocycles. The van der Waals surface area contributed by atoms with Gasteiger partial charge in [-0.15, -0.1) is 0 Å². The first-order valence-electron chi connectivity index (χ1n) is 6.82. The number of halogens is 1. The Bertz CT molecular complexity index is 461. The van der Waals surface area contributed by atoms with E-state index in [-0.39, 0.29) is 0 Å². The lowest BCUT2D eigenvalue weighted by atomic mass is 9.96. The van der Waals surface area contributed by atoms with E-state index in [9.17, 15) is 4.79 Å². The van der Waals surface area contributed by atoms with Crippen molar-refractivity contribution in [2.24, 2.45) is 5.92 Å². The van der Waals surface area contributed by atoms with Gasteiger partial charge in [-0.25, -0.2) is 9.78 Å². The van der Waals surface area contributed by atoms with Crippen molar-refractivity contribution >= 4 is 22.0 Å². The molecule has 1 aliphatic rings. The van der Waals surface area contributed by atoms with Crippen LogP contribution in [-0.4, -0.2) is 52.7 Å². The molecule has 1 aromatic rings. The number of pyridine rings is 1. The lowest BCUT2D eigenvalue weighted by molar-refractivity contribution is 0.116. The Labute approximate surface area is 127 Å². The van der Waals surface area contributed by atoms with Crippen LogP contribution in [0.4, 0.5) is 4.79 Å². The summed E-state index contributed by atoms with van der Waals surface area (Å²) in [4.78, 5) is 19.1. The molecule has 1 aromatic heterocycles. The van der Waals surface area contributed by atoms with Gasteiger partial charge in [0.1, 0.15) is 4.60 Å². The van der Waals surface area contributed by atoms with Gasteiger partial charge in [-0.2, -0.15) is 0 Å². The van der Waals surface area contributed by atoms with E-state index >= 15 is 0 Å². The smallest absolute Gasteiger partial charge is 0.407 e. The van der Waals surface area contributed by atoms with Crippen LogP contribution in [0.2, 0.25) is 0 Å². The first-order valence-corrected chi connectivity index (χ1v) is 7.61. The summed E-state index contributed by atoms with van der Waals surface area (Å²) in [7, 11) is 2.09. The van der Waals surface area contributed by atoms with Gasteiger partial charge in [0, 0.05) is 26.2 Å². The van der Waals surface area contributed by atoms with E-state index in [4.69, 9.17) is 5.11 Å². The Balaban J connectivity index is 1.78. The largest absolute Gasteiger partial charge is 0.465 e. The summed E-state index contributed by atoms with van der Waals surface area (Å²) < 4.78 is 0.859. The van der Waals surface area contributed by atoms with Gasteiger partial charge in [0.05, 0.1) is 5.69 Å². The van der Waals surface area contributed by atoms with E-state index in [1.54, 1.807) is 0 Å². The van der Waals surface area contributed by atoms with Gasteiger partial charge >= 0.3 is 6.09 Å². The third-order valence-electron chi connectivity index (χ3n) is 3.66. The van der Waals surface area contributed by atoms with Crippen molar-refractivity contribution in [3.05, 3.63) is 28.5 Å². The van der Waals surface area contributed by atoms with Gasteiger partial charge in [0.15, 0.2) is 0 Å². The lowest BCUT2D eigenvalue weighted by Crippen LogP contribution is -2.40. The van der Waals surface area contributed by atoms with Crippen LogP contribution in [0.25, 0.3) is 0 Å². The van der Waals surface area contributed by atoms with Crippen LogP contribution in [0.5, 0.6) is 0 Å². The van der Waals surface area contributed by atoms with Crippen LogP contribution in [0.3, 0.4) is 0 Å². The summed E-state index contributed by atoms with van der Waals surface area (Å²) in [6.07, 6.45) is 1.10. The molecule has 5 nitrogen and oxygen atoms in total. The van der Waals surface area contributed by atoms with Crippen molar-refractivity contribution in [3.63, 3.8) is 0 Å². The molecule has 0 atom stereocenters. The second-order valence-electron chi connectivity index (χ2n) is 5.36. The van der Waals surface area contributed by atoms with Gasteiger partial charge in [0.25, 0.3) is 0 Å². The van der Waals surface area contributed by atoms with Gasteiger partial charge in [-0.1, -0.05) is 6.07 Å². The molecule has 20 heavy (non-hydrogen) atoms. The minimum absolute atomic E-state index is 0.572.